The number of aryl methyl sites for hydroxylation is 2. The van der Waals surface area contributed by atoms with Crippen molar-refractivity contribution in [2.45, 2.75) is 20.8 Å². The number of carbonyl (C=O) groups is 2. The average Bonchev–Trinajstić information content (AvgIpc) is 3.10. The lowest BCUT2D eigenvalue weighted by Crippen LogP contribution is -2.24. The van der Waals surface area contributed by atoms with Gasteiger partial charge in [0.1, 0.15) is 0 Å². The quantitative estimate of drug-likeness (QED) is 0.569. The Hall–Kier alpha value is -3.22. The molecule has 0 fully saturated rings. The highest BCUT2D eigenvalue weighted by atomic mass is 16.2. The van der Waals surface area contributed by atoms with Gasteiger partial charge in [0.2, 0.25) is 0 Å². The van der Waals surface area contributed by atoms with E-state index in [1.54, 1.807) is 24.6 Å². The van der Waals surface area contributed by atoms with Crippen LogP contribution in [0, 0.1) is 20.8 Å². The maximum atomic E-state index is 12.5. The number of hydrogen-bond acceptors (Lipinski definition) is 4. The predicted molar refractivity (Wildman–Crippen MR) is 89.3 cm³/mol. The van der Waals surface area contributed by atoms with E-state index in [4.69, 9.17) is 0 Å². The van der Waals surface area contributed by atoms with Gasteiger partial charge in [-0.1, -0.05) is 18.2 Å². The van der Waals surface area contributed by atoms with E-state index in [9.17, 15) is 9.59 Å². The fourth-order valence-corrected chi connectivity index (χ4v) is 2.56. The van der Waals surface area contributed by atoms with Crippen LogP contribution in [0.5, 0.6) is 0 Å². The van der Waals surface area contributed by atoms with E-state index >= 15 is 0 Å². The highest BCUT2D eigenvalue weighted by Crippen LogP contribution is 2.19. The Labute approximate surface area is 138 Å². The summed E-state index contributed by atoms with van der Waals surface area (Å²) in [7, 11) is 0. The number of Topliss-reactive ketones (excluding diaryl/α,β-unsaturated/α-hetero) is 1. The maximum Gasteiger partial charge on any atom is 0.298 e. The molecule has 0 bridgehead atoms. The van der Waals surface area contributed by atoms with E-state index in [0.29, 0.717) is 22.8 Å². The molecule has 2 heterocycles. The number of nitrogens with one attached hydrogen (secondary N) is 2. The number of benzene rings is 1. The highest BCUT2D eigenvalue weighted by molar-refractivity contribution is 6.47. The summed E-state index contributed by atoms with van der Waals surface area (Å²) in [6.07, 6.45) is 0. The van der Waals surface area contributed by atoms with Gasteiger partial charge in [-0.05, 0) is 32.9 Å². The predicted octanol–water partition coefficient (Wildman–Crippen LogP) is 2.34. The molecule has 0 saturated carbocycles. The Balaban J connectivity index is 1.90. The van der Waals surface area contributed by atoms with Gasteiger partial charge >= 0.3 is 0 Å². The lowest BCUT2D eigenvalue weighted by Gasteiger charge is -2.05. The molecule has 2 aromatic heterocycles. The van der Waals surface area contributed by atoms with Crippen molar-refractivity contribution in [3.05, 3.63) is 59.0 Å². The van der Waals surface area contributed by atoms with Crippen LogP contribution < -0.4 is 5.32 Å². The van der Waals surface area contributed by atoms with E-state index in [2.05, 4.69) is 20.6 Å². The molecule has 0 atom stereocenters. The summed E-state index contributed by atoms with van der Waals surface area (Å²) >= 11 is 0. The van der Waals surface area contributed by atoms with Crippen LogP contribution in [0.3, 0.4) is 0 Å². The largest absolute Gasteiger partial charge is 0.302 e. The minimum Gasteiger partial charge on any atom is -0.302 e. The van der Waals surface area contributed by atoms with Crippen molar-refractivity contribution in [3.63, 3.8) is 0 Å². The van der Waals surface area contributed by atoms with E-state index in [1.807, 2.05) is 37.3 Å². The minimum absolute atomic E-state index is 0.309. The van der Waals surface area contributed by atoms with Gasteiger partial charge in [0.25, 0.3) is 11.7 Å². The minimum atomic E-state index is -0.736. The molecule has 3 rings (SSSR count). The zero-order chi connectivity index (χ0) is 17.3. The molecule has 1 aromatic carbocycles. The Morgan fingerprint density at radius 3 is 2.46 bits per heavy atom. The Morgan fingerprint density at radius 2 is 1.83 bits per heavy atom. The van der Waals surface area contributed by atoms with Crippen LogP contribution in [0.15, 0.2) is 36.4 Å². The number of anilines is 1. The SMILES string of the molecule is Cc1cc(NC(=O)C(=O)c2c(C)nn(-c3ccccc3)c2C)n[nH]1. The van der Waals surface area contributed by atoms with E-state index in [-0.39, 0.29) is 0 Å². The van der Waals surface area contributed by atoms with Crippen LogP contribution in [-0.2, 0) is 4.79 Å². The first kappa shape index (κ1) is 15.7. The molecular weight excluding hydrogens is 306 g/mol. The molecule has 0 unspecified atom stereocenters. The summed E-state index contributed by atoms with van der Waals surface area (Å²) in [6.45, 7) is 5.29. The monoisotopic (exact) mass is 323 g/mol. The number of aromatic amines is 1. The van der Waals surface area contributed by atoms with Gasteiger partial charge in [0.15, 0.2) is 5.82 Å². The second-order valence-corrected chi connectivity index (χ2v) is 5.51. The fourth-order valence-electron chi connectivity index (χ4n) is 2.56. The van der Waals surface area contributed by atoms with Crippen LogP contribution in [0.25, 0.3) is 5.69 Å². The Morgan fingerprint density at radius 1 is 1.12 bits per heavy atom. The number of aromatic nitrogens is 4. The summed E-state index contributed by atoms with van der Waals surface area (Å²) in [6, 6.07) is 11.1. The molecular formula is C17H17N5O2. The van der Waals surface area contributed by atoms with Crippen molar-refractivity contribution in [3.8, 4) is 5.69 Å². The third-order valence-corrected chi connectivity index (χ3v) is 3.67. The van der Waals surface area contributed by atoms with Crippen molar-refractivity contribution < 1.29 is 9.59 Å². The number of carbonyl (C=O) groups excluding carboxylic acids is 2. The molecule has 0 aliphatic carbocycles. The molecule has 0 aliphatic rings. The second-order valence-electron chi connectivity index (χ2n) is 5.51. The molecule has 2 N–H and O–H groups in total. The number of H-pyrrole nitrogens is 1. The van der Waals surface area contributed by atoms with Crippen molar-refractivity contribution in [1.82, 2.24) is 20.0 Å². The standard InChI is InChI=1S/C17H17N5O2/c1-10-9-14(20-19-10)18-17(24)16(23)15-11(2)21-22(12(15)3)13-7-5-4-6-8-13/h4-9H,1-3H3,(H2,18,19,20,24). The topological polar surface area (TPSA) is 92.7 Å². The van der Waals surface area contributed by atoms with Crippen molar-refractivity contribution in [2.24, 2.45) is 0 Å². The number of nitrogens with zero attached hydrogens (tertiary/aromatic N) is 3. The van der Waals surface area contributed by atoms with Gasteiger partial charge in [-0.15, -0.1) is 0 Å². The lowest BCUT2D eigenvalue weighted by atomic mass is 10.1. The van der Waals surface area contributed by atoms with Crippen LogP contribution >= 0.6 is 0 Å². The Bertz CT molecular complexity index is 908. The van der Waals surface area contributed by atoms with Gasteiger partial charge in [0, 0.05) is 11.8 Å². The molecule has 24 heavy (non-hydrogen) atoms. The summed E-state index contributed by atoms with van der Waals surface area (Å²) in [5, 5.41) is 13.5. The summed E-state index contributed by atoms with van der Waals surface area (Å²) in [5.41, 5.74) is 3.07. The molecule has 7 heteroatoms. The third kappa shape index (κ3) is 2.83. The zero-order valence-electron chi connectivity index (χ0n) is 13.6. The van der Waals surface area contributed by atoms with Gasteiger partial charge in [0.05, 0.1) is 22.6 Å². The Kier molecular flexibility index (Phi) is 3.99. The first-order valence-corrected chi connectivity index (χ1v) is 7.46. The molecule has 0 radical (unpaired) electrons. The average molecular weight is 323 g/mol. The zero-order valence-corrected chi connectivity index (χ0v) is 13.6. The van der Waals surface area contributed by atoms with E-state index in [1.165, 1.54) is 0 Å². The van der Waals surface area contributed by atoms with Gasteiger partial charge in [-0.3, -0.25) is 14.7 Å². The van der Waals surface area contributed by atoms with Gasteiger partial charge in [-0.25, -0.2) is 4.68 Å². The summed E-state index contributed by atoms with van der Waals surface area (Å²) in [5.74, 6) is -1.05. The molecule has 3 aromatic rings. The maximum absolute atomic E-state index is 12.5. The molecule has 122 valence electrons. The van der Waals surface area contributed by atoms with E-state index < -0.39 is 11.7 Å². The van der Waals surface area contributed by atoms with Crippen LogP contribution in [0.2, 0.25) is 0 Å². The molecule has 0 aliphatic heterocycles. The van der Waals surface area contributed by atoms with Crippen molar-refractivity contribution in [1.29, 1.82) is 0 Å². The third-order valence-electron chi connectivity index (χ3n) is 3.67. The second kappa shape index (κ2) is 6.11. The molecule has 0 saturated heterocycles. The number of amides is 1. The first-order valence-electron chi connectivity index (χ1n) is 7.46. The lowest BCUT2D eigenvalue weighted by molar-refractivity contribution is -0.112. The molecule has 7 nitrogen and oxygen atoms in total. The van der Waals surface area contributed by atoms with Crippen molar-refractivity contribution in [2.75, 3.05) is 5.32 Å². The fraction of sp³-hybridized carbons (Fsp3) is 0.176. The number of para-hydroxylation sites is 1. The van der Waals surface area contributed by atoms with Crippen LogP contribution in [-0.4, -0.2) is 31.7 Å². The van der Waals surface area contributed by atoms with Crippen LogP contribution in [0.1, 0.15) is 27.4 Å². The molecule has 0 spiro atoms. The van der Waals surface area contributed by atoms with Gasteiger partial charge < -0.3 is 5.32 Å². The number of rotatable bonds is 4. The van der Waals surface area contributed by atoms with E-state index in [0.717, 1.165) is 11.4 Å². The normalized spacial score (nSPS) is 10.6. The van der Waals surface area contributed by atoms with Gasteiger partial charge in [-0.2, -0.15) is 10.2 Å². The van der Waals surface area contributed by atoms with Crippen LogP contribution in [0.4, 0.5) is 5.82 Å². The smallest absolute Gasteiger partial charge is 0.298 e. The first-order chi connectivity index (χ1) is 11.5. The number of ketones is 1. The summed E-state index contributed by atoms with van der Waals surface area (Å²) < 4.78 is 1.66. The highest BCUT2D eigenvalue weighted by Gasteiger charge is 2.25. The number of hydrogen-bond donors (Lipinski definition) is 2. The summed E-state index contributed by atoms with van der Waals surface area (Å²) in [4.78, 5) is 24.8. The molecule has 1 amide bonds. The van der Waals surface area contributed by atoms with Crippen molar-refractivity contribution >= 4 is 17.5 Å².